The fourth-order valence-corrected chi connectivity index (χ4v) is 1.71. The Morgan fingerprint density at radius 1 is 0.933 bits per heavy atom. The maximum Gasteiger partial charge on any atom is 0.146 e. The van der Waals surface area contributed by atoms with E-state index in [9.17, 15) is 0 Å². The lowest BCUT2D eigenvalue weighted by Crippen LogP contribution is -2.35. The lowest BCUT2D eigenvalue weighted by molar-refractivity contribution is -0.0425. The summed E-state index contributed by atoms with van der Waals surface area (Å²) in [7, 11) is 3.26. The molecule has 0 radical (unpaired) electrons. The molecule has 90 valence electrons. The highest BCUT2D eigenvalue weighted by molar-refractivity contribution is 4.82. The predicted octanol–water partition coefficient (Wildman–Crippen LogP) is 0.348. The van der Waals surface area contributed by atoms with Gasteiger partial charge in [0.15, 0.2) is 0 Å². The van der Waals surface area contributed by atoms with E-state index in [0.29, 0.717) is 38.9 Å². The van der Waals surface area contributed by atoms with E-state index in [2.05, 4.69) is 5.32 Å². The highest BCUT2D eigenvalue weighted by Crippen LogP contribution is 2.12. The molecule has 0 bridgehead atoms. The summed E-state index contributed by atoms with van der Waals surface area (Å²) in [5.74, 6) is 0. The summed E-state index contributed by atoms with van der Waals surface area (Å²) in [4.78, 5) is 0. The Bertz CT molecular complexity index is 140. The van der Waals surface area contributed by atoms with Gasteiger partial charge in [-0.15, -0.1) is 0 Å². The van der Waals surface area contributed by atoms with Gasteiger partial charge in [-0.2, -0.15) is 0 Å². The van der Waals surface area contributed by atoms with Crippen LogP contribution in [0.25, 0.3) is 0 Å². The summed E-state index contributed by atoms with van der Waals surface area (Å²) in [6.07, 6.45) is 2.26. The summed E-state index contributed by atoms with van der Waals surface area (Å²) < 4.78 is 20.2. The molecule has 15 heavy (non-hydrogen) atoms. The third-order valence-electron chi connectivity index (χ3n) is 2.38. The number of ether oxygens (including phenoxy) is 4. The highest BCUT2D eigenvalue weighted by Gasteiger charge is 2.23. The molecule has 1 rings (SSSR count). The van der Waals surface area contributed by atoms with E-state index in [4.69, 9.17) is 18.9 Å². The standard InChI is InChI=1S/C10H21NO4/c1-12-7-14-5-9-3-4-10(11-9)6-15-8-13-2/h9-11H,3-8H2,1-2H3/t9-,10-/m0/s1. The van der Waals surface area contributed by atoms with E-state index >= 15 is 0 Å². The lowest BCUT2D eigenvalue weighted by atomic mass is 10.2. The van der Waals surface area contributed by atoms with Crippen molar-refractivity contribution >= 4 is 0 Å². The molecule has 1 fully saturated rings. The molecule has 1 aliphatic rings. The Morgan fingerprint density at radius 2 is 1.40 bits per heavy atom. The van der Waals surface area contributed by atoms with Gasteiger partial charge in [-0.05, 0) is 12.8 Å². The third kappa shape index (κ3) is 5.44. The van der Waals surface area contributed by atoms with Gasteiger partial charge >= 0.3 is 0 Å². The van der Waals surface area contributed by atoms with Crippen molar-refractivity contribution in [2.75, 3.05) is 41.0 Å². The second-order valence-corrected chi connectivity index (χ2v) is 3.69. The molecule has 2 atom stereocenters. The van der Waals surface area contributed by atoms with Gasteiger partial charge in [0.2, 0.25) is 0 Å². The average Bonchev–Trinajstić information content (AvgIpc) is 2.67. The number of methoxy groups -OCH3 is 2. The van der Waals surface area contributed by atoms with Gasteiger partial charge in [-0.1, -0.05) is 0 Å². The first kappa shape index (κ1) is 12.9. The van der Waals surface area contributed by atoms with E-state index in [1.807, 2.05) is 0 Å². The topological polar surface area (TPSA) is 49.0 Å². The molecule has 1 saturated heterocycles. The van der Waals surface area contributed by atoms with Crippen LogP contribution in [0.4, 0.5) is 0 Å². The first-order valence-electron chi connectivity index (χ1n) is 5.26. The maximum absolute atomic E-state index is 5.29. The zero-order valence-electron chi connectivity index (χ0n) is 9.53. The molecule has 5 heteroatoms. The monoisotopic (exact) mass is 219 g/mol. The molecule has 1 N–H and O–H groups in total. The van der Waals surface area contributed by atoms with Crippen molar-refractivity contribution in [1.82, 2.24) is 5.32 Å². The smallest absolute Gasteiger partial charge is 0.146 e. The van der Waals surface area contributed by atoms with Crippen LogP contribution in [0.1, 0.15) is 12.8 Å². The molecule has 0 unspecified atom stereocenters. The van der Waals surface area contributed by atoms with Crippen molar-refractivity contribution in [1.29, 1.82) is 0 Å². The number of nitrogens with one attached hydrogen (secondary N) is 1. The summed E-state index contributed by atoms with van der Waals surface area (Å²) >= 11 is 0. The molecule has 0 saturated carbocycles. The summed E-state index contributed by atoms with van der Waals surface area (Å²) in [6.45, 7) is 2.13. The van der Waals surface area contributed by atoms with Crippen LogP contribution in [0, 0.1) is 0 Å². The molecule has 5 nitrogen and oxygen atoms in total. The SMILES string of the molecule is COCOC[C@@H]1CC[C@@H](COCOC)N1. The van der Waals surface area contributed by atoms with Crippen molar-refractivity contribution in [3.8, 4) is 0 Å². The van der Waals surface area contributed by atoms with Crippen molar-refractivity contribution in [2.24, 2.45) is 0 Å². The predicted molar refractivity (Wildman–Crippen MR) is 55.6 cm³/mol. The molecule has 0 aromatic carbocycles. The fourth-order valence-electron chi connectivity index (χ4n) is 1.71. The zero-order chi connectivity index (χ0) is 10.9. The molecule has 0 amide bonds. The van der Waals surface area contributed by atoms with E-state index in [0.717, 1.165) is 12.8 Å². The van der Waals surface area contributed by atoms with Crippen LogP contribution < -0.4 is 5.32 Å². The molecular formula is C10H21NO4. The Morgan fingerprint density at radius 3 is 1.80 bits per heavy atom. The number of rotatable bonds is 8. The number of hydrogen-bond acceptors (Lipinski definition) is 5. The second-order valence-electron chi connectivity index (χ2n) is 3.69. The van der Waals surface area contributed by atoms with Crippen LogP contribution in [0.15, 0.2) is 0 Å². The molecule has 0 spiro atoms. The van der Waals surface area contributed by atoms with E-state index in [-0.39, 0.29) is 0 Å². The highest BCUT2D eigenvalue weighted by atomic mass is 16.7. The van der Waals surface area contributed by atoms with Crippen LogP contribution in [-0.2, 0) is 18.9 Å². The second kappa shape index (κ2) is 8.01. The van der Waals surface area contributed by atoms with Gasteiger partial charge in [0, 0.05) is 26.3 Å². The van der Waals surface area contributed by atoms with Gasteiger partial charge in [-0.3, -0.25) is 0 Å². The van der Waals surface area contributed by atoms with Gasteiger partial charge < -0.3 is 24.3 Å². The largest absolute Gasteiger partial charge is 0.359 e. The molecular weight excluding hydrogens is 198 g/mol. The molecule has 1 heterocycles. The Labute approximate surface area is 91.0 Å². The summed E-state index contributed by atoms with van der Waals surface area (Å²) in [6, 6.07) is 0.854. The van der Waals surface area contributed by atoms with Gasteiger partial charge in [0.05, 0.1) is 13.2 Å². The van der Waals surface area contributed by atoms with Gasteiger partial charge in [-0.25, -0.2) is 0 Å². The minimum atomic E-state index is 0.364. The van der Waals surface area contributed by atoms with E-state index in [1.165, 1.54) is 0 Å². The Kier molecular flexibility index (Phi) is 6.87. The van der Waals surface area contributed by atoms with E-state index < -0.39 is 0 Å². The van der Waals surface area contributed by atoms with Gasteiger partial charge in [0.1, 0.15) is 13.6 Å². The van der Waals surface area contributed by atoms with Crippen LogP contribution in [-0.4, -0.2) is 53.1 Å². The zero-order valence-corrected chi connectivity index (χ0v) is 9.53. The molecule has 1 aliphatic heterocycles. The molecule has 0 aromatic heterocycles. The normalized spacial score (nSPS) is 26.0. The third-order valence-corrected chi connectivity index (χ3v) is 2.38. The van der Waals surface area contributed by atoms with Crippen LogP contribution in [0.3, 0.4) is 0 Å². The van der Waals surface area contributed by atoms with Crippen LogP contribution in [0.5, 0.6) is 0 Å². The Balaban J connectivity index is 1.99. The first-order chi connectivity index (χ1) is 7.36. The van der Waals surface area contributed by atoms with E-state index in [1.54, 1.807) is 14.2 Å². The van der Waals surface area contributed by atoms with Crippen molar-refractivity contribution in [3.63, 3.8) is 0 Å². The molecule has 0 aromatic rings. The van der Waals surface area contributed by atoms with Crippen LogP contribution in [0.2, 0.25) is 0 Å². The minimum absolute atomic E-state index is 0.364. The first-order valence-corrected chi connectivity index (χ1v) is 5.26. The summed E-state index contributed by atoms with van der Waals surface area (Å²) in [5.41, 5.74) is 0. The van der Waals surface area contributed by atoms with Crippen molar-refractivity contribution < 1.29 is 18.9 Å². The minimum Gasteiger partial charge on any atom is -0.359 e. The lowest BCUT2D eigenvalue weighted by Gasteiger charge is -2.14. The quantitative estimate of drug-likeness (QED) is 0.471. The maximum atomic E-state index is 5.29. The average molecular weight is 219 g/mol. The van der Waals surface area contributed by atoms with Gasteiger partial charge in [0.25, 0.3) is 0 Å². The number of hydrogen-bond donors (Lipinski definition) is 1. The van der Waals surface area contributed by atoms with Crippen molar-refractivity contribution in [3.05, 3.63) is 0 Å². The van der Waals surface area contributed by atoms with Crippen molar-refractivity contribution in [2.45, 2.75) is 24.9 Å². The fraction of sp³-hybridized carbons (Fsp3) is 1.00. The Hall–Kier alpha value is -0.200. The summed E-state index contributed by atoms with van der Waals surface area (Å²) in [5, 5.41) is 3.45. The molecule has 0 aliphatic carbocycles. The van der Waals surface area contributed by atoms with Crippen LogP contribution >= 0.6 is 0 Å².